The molecule has 0 N–H and O–H groups in total. The van der Waals surface area contributed by atoms with Crippen LogP contribution in [0.25, 0.3) is 55.3 Å². The average molecular weight is 396 g/mol. The van der Waals surface area contributed by atoms with E-state index in [4.69, 9.17) is 4.42 Å². The van der Waals surface area contributed by atoms with Gasteiger partial charge in [-0.15, -0.1) is 0 Å². The first-order valence-corrected chi connectivity index (χ1v) is 10.5. The van der Waals surface area contributed by atoms with E-state index in [0.29, 0.717) is 0 Å². The lowest BCUT2D eigenvalue weighted by Gasteiger charge is -2.07. The van der Waals surface area contributed by atoms with Gasteiger partial charge in [0.25, 0.3) is 0 Å². The zero-order valence-corrected chi connectivity index (χ0v) is 17.0. The molecule has 0 amide bonds. The van der Waals surface area contributed by atoms with E-state index in [2.05, 4.69) is 103 Å². The van der Waals surface area contributed by atoms with Crippen molar-refractivity contribution in [2.24, 2.45) is 0 Å². The van der Waals surface area contributed by atoms with Crippen LogP contribution in [0.4, 0.5) is 0 Å². The van der Waals surface area contributed by atoms with Crippen molar-refractivity contribution in [3.63, 3.8) is 0 Å². The van der Waals surface area contributed by atoms with E-state index in [1.54, 1.807) is 0 Å². The van der Waals surface area contributed by atoms with Crippen LogP contribution in [0.3, 0.4) is 0 Å². The minimum atomic E-state index is 0.931. The fourth-order valence-corrected chi connectivity index (χ4v) is 4.30. The molecule has 6 aromatic rings. The maximum Gasteiger partial charge on any atom is 0.143 e. The second-order valence-electron chi connectivity index (χ2n) is 7.80. The molecule has 0 bridgehead atoms. The predicted octanol–water partition coefficient (Wildman–Crippen LogP) is 8.59. The number of hydrogen-bond donors (Lipinski definition) is 0. The summed E-state index contributed by atoms with van der Waals surface area (Å²) in [5.41, 5.74) is 9.06. The Morgan fingerprint density at radius 3 is 1.55 bits per heavy atom. The van der Waals surface area contributed by atoms with Crippen molar-refractivity contribution < 1.29 is 4.42 Å². The molecule has 0 unspecified atom stereocenters. The standard InChI is InChI=1S/C30H20O/c1-2-7-21(8-3-1)22-13-15-23(16-14-22)24-17-19-25(20-18-24)26-10-6-11-28-27-9-4-5-12-29(27)31-30(26)28/h1-20H. The number of para-hydroxylation sites is 2. The summed E-state index contributed by atoms with van der Waals surface area (Å²) in [6, 6.07) is 42.6. The summed E-state index contributed by atoms with van der Waals surface area (Å²) >= 11 is 0. The van der Waals surface area contributed by atoms with Crippen molar-refractivity contribution in [2.75, 3.05) is 0 Å². The molecule has 31 heavy (non-hydrogen) atoms. The zero-order valence-electron chi connectivity index (χ0n) is 17.0. The second kappa shape index (κ2) is 7.30. The van der Waals surface area contributed by atoms with Gasteiger partial charge in [-0.25, -0.2) is 0 Å². The van der Waals surface area contributed by atoms with Crippen LogP contribution in [-0.2, 0) is 0 Å². The predicted molar refractivity (Wildman–Crippen MR) is 130 cm³/mol. The monoisotopic (exact) mass is 396 g/mol. The summed E-state index contributed by atoms with van der Waals surface area (Å²) in [6.07, 6.45) is 0. The van der Waals surface area contributed by atoms with Crippen LogP contribution in [0.5, 0.6) is 0 Å². The topological polar surface area (TPSA) is 13.1 Å². The van der Waals surface area contributed by atoms with Gasteiger partial charge in [0.15, 0.2) is 0 Å². The average Bonchev–Trinajstić information content (AvgIpc) is 3.24. The maximum absolute atomic E-state index is 6.21. The first-order valence-electron chi connectivity index (χ1n) is 10.5. The molecule has 0 aliphatic carbocycles. The van der Waals surface area contributed by atoms with Gasteiger partial charge in [0.2, 0.25) is 0 Å². The largest absolute Gasteiger partial charge is 0.455 e. The quantitative estimate of drug-likeness (QED) is 0.292. The summed E-state index contributed by atoms with van der Waals surface area (Å²) in [6.45, 7) is 0. The van der Waals surface area contributed by atoms with Gasteiger partial charge in [0.1, 0.15) is 11.2 Å². The Labute approximate surface area is 181 Å². The van der Waals surface area contributed by atoms with Gasteiger partial charge >= 0.3 is 0 Å². The molecule has 0 spiro atoms. The van der Waals surface area contributed by atoms with Crippen molar-refractivity contribution in [1.82, 2.24) is 0 Å². The van der Waals surface area contributed by atoms with Gasteiger partial charge in [-0.3, -0.25) is 0 Å². The van der Waals surface area contributed by atoms with E-state index in [1.165, 1.54) is 22.3 Å². The minimum Gasteiger partial charge on any atom is -0.455 e. The molecule has 1 nitrogen and oxygen atoms in total. The Hall–Kier alpha value is -4.10. The molecule has 1 heteroatoms. The van der Waals surface area contributed by atoms with Crippen molar-refractivity contribution in [3.05, 3.63) is 121 Å². The van der Waals surface area contributed by atoms with Crippen LogP contribution in [0, 0.1) is 0 Å². The molecular formula is C30H20O. The van der Waals surface area contributed by atoms with Crippen LogP contribution < -0.4 is 0 Å². The van der Waals surface area contributed by atoms with Crippen molar-refractivity contribution in [1.29, 1.82) is 0 Å². The van der Waals surface area contributed by atoms with Gasteiger partial charge < -0.3 is 4.42 Å². The Balaban J connectivity index is 1.36. The third-order valence-electron chi connectivity index (χ3n) is 5.93. The lowest BCUT2D eigenvalue weighted by Crippen LogP contribution is -1.82. The minimum absolute atomic E-state index is 0.931. The molecule has 0 aliphatic heterocycles. The molecule has 0 aliphatic rings. The van der Waals surface area contributed by atoms with E-state index in [-0.39, 0.29) is 0 Å². The molecule has 1 heterocycles. The van der Waals surface area contributed by atoms with Crippen LogP contribution in [0.1, 0.15) is 0 Å². The molecule has 0 saturated carbocycles. The number of hydrogen-bond acceptors (Lipinski definition) is 1. The van der Waals surface area contributed by atoms with Crippen LogP contribution in [-0.4, -0.2) is 0 Å². The molecule has 1 aromatic heterocycles. The highest BCUT2D eigenvalue weighted by molar-refractivity contribution is 6.09. The fourth-order valence-electron chi connectivity index (χ4n) is 4.30. The molecule has 0 atom stereocenters. The third-order valence-corrected chi connectivity index (χ3v) is 5.93. The molecule has 0 fully saturated rings. The van der Waals surface area contributed by atoms with Gasteiger partial charge in [-0.05, 0) is 33.9 Å². The summed E-state index contributed by atoms with van der Waals surface area (Å²) < 4.78 is 6.21. The van der Waals surface area contributed by atoms with Crippen LogP contribution in [0.15, 0.2) is 126 Å². The van der Waals surface area contributed by atoms with Crippen molar-refractivity contribution in [2.45, 2.75) is 0 Å². The van der Waals surface area contributed by atoms with Crippen LogP contribution in [0.2, 0.25) is 0 Å². The zero-order chi connectivity index (χ0) is 20.6. The summed E-state index contributed by atoms with van der Waals surface area (Å²) in [5, 5.41) is 2.32. The smallest absolute Gasteiger partial charge is 0.143 e. The van der Waals surface area contributed by atoms with E-state index in [9.17, 15) is 0 Å². The summed E-state index contributed by atoms with van der Waals surface area (Å²) in [5.74, 6) is 0. The Morgan fingerprint density at radius 2 is 0.871 bits per heavy atom. The van der Waals surface area contributed by atoms with Gasteiger partial charge in [0.05, 0.1) is 0 Å². The third kappa shape index (κ3) is 3.12. The molecular weight excluding hydrogens is 376 g/mol. The first-order chi connectivity index (χ1) is 15.4. The van der Waals surface area contributed by atoms with Gasteiger partial charge in [-0.1, -0.05) is 115 Å². The molecule has 0 radical (unpaired) electrons. The highest BCUT2D eigenvalue weighted by Gasteiger charge is 2.11. The number of benzene rings is 5. The highest BCUT2D eigenvalue weighted by Crippen LogP contribution is 2.36. The molecule has 146 valence electrons. The van der Waals surface area contributed by atoms with Crippen molar-refractivity contribution in [3.8, 4) is 33.4 Å². The summed E-state index contributed by atoms with van der Waals surface area (Å²) in [7, 11) is 0. The summed E-state index contributed by atoms with van der Waals surface area (Å²) in [4.78, 5) is 0. The Morgan fingerprint density at radius 1 is 0.355 bits per heavy atom. The molecule has 6 rings (SSSR count). The molecule has 0 saturated heterocycles. The fraction of sp³-hybridized carbons (Fsp3) is 0. The van der Waals surface area contributed by atoms with Crippen LogP contribution >= 0.6 is 0 Å². The number of rotatable bonds is 3. The lowest BCUT2D eigenvalue weighted by molar-refractivity contribution is 0.670. The molecule has 5 aromatic carbocycles. The van der Waals surface area contributed by atoms with Gasteiger partial charge in [-0.2, -0.15) is 0 Å². The van der Waals surface area contributed by atoms with E-state index >= 15 is 0 Å². The SMILES string of the molecule is c1ccc(-c2ccc(-c3ccc(-c4cccc5c4oc4ccccc45)cc3)cc2)cc1. The first kappa shape index (κ1) is 17.7. The van der Waals surface area contributed by atoms with E-state index < -0.39 is 0 Å². The maximum atomic E-state index is 6.21. The Kier molecular flexibility index (Phi) is 4.18. The van der Waals surface area contributed by atoms with Crippen molar-refractivity contribution >= 4 is 21.9 Å². The number of fused-ring (bicyclic) bond motifs is 3. The van der Waals surface area contributed by atoms with E-state index in [0.717, 1.165) is 33.1 Å². The Bertz CT molecular complexity index is 1490. The normalized spacial score (nSPS) is 11.2. The highest BCUT2D eigenvalue weighted by atomic mass is 16.3. The second-order valence-corrected chi connectivity index (χ2v) is 7.80. The lowest BCUT2D eigenvalue weighted by atomic mass is 9.97. The number of furan rings is 1. The van der Waals surface area contributed by atoms with E-state index in [1.807, 2.05) is 18.2 Å². The van der Waals surface area contributed by atoms with Gasteiger partial charge in [0, 0.05) is 16.3 Å².